The van der Waals surface area contributed by atoms with Gasteiger partial charge in [-0.3, -0.25) is 0 Å². The zero-order chi connectivity index (χ0) is 20.3. The maximum absolute atomic E-state index is 10.4. The average molecular weight is 404 g/mol. The van der Waals surface area contributed by atoms with Crippen LogP contribution in [0.15, 0.2) is 24.3 Å². The minimum Gasteiger partial charge on any atom is -0.491 e. The number of nitrogens with zero attached hydrogens (tertiary/aromatic N) is 3. The Morgan fingerprint density at radius 1 is 0.966 bits per heavy atom. The third kappa shape index (κ3) is 8.63. The first-order valence-electron chi connectivity index (χ1n) is 11.7. The number of benzene rings is 1. The Bertz CT molecular complexity index is 569. The summed E-state index contributed by atoms with van der Waals surface area (Å²) in [5, 5.41) is 10.4. The molecule has 2 aliphatic rings. The maximum Gasteiger partial charge on any atom is 0.119 e. The molecule has 0 aliphatic carbocycles. The molecule has 164 valence electrons. The summed E-state index contributed by atoms with van der Waals surface area (Å²) < 4.78 is 5.91. The van der Waals surface area contributed by atoms with Crippen molar-refractivity contribution >= 4 is 0 Å². The van der Waals surface area contributed by atoms with Gasteiger partial charge in [0.2, 0.25) is 0 Å². The SMILES string of the molecule is CN(CCN1CCCCC1)Cc1cccc(OCC(O)CN2CCCCCC2)c1. The molecule has 0 spiro atoms. The second-order valence-electron chi connectivity index (χ2n) is 8.97. The molecule has 2 saturated heterocycles. The molecule has 2 heterocycles. The van der Waals surface area contributed by atoms with Crippen LogP contribution in [0.4, 0.5) is 0 Å². The summed E-state index contributed by atoms with van der Waals surface area (Å²) in [4.78, 5) is 7.36. The minimum absolute atomic E-state index is 0.366. The van der Waals surface area contributed by atoms with E-state index in [9.17, 15) is 5.11 Å². The van der Waals surface area contributed by atoms with Gasteiger partial charge in [-0.05, 0) is 76.6 Å². The van der Waals surface area contributed by atoms with Crippen LogP contribution in [0.3, 0.4) is 0 Å². The molecule has 1 N–H and O–H groups in total. The number of aliphatic hydroxyl groups is 1. The van der Waals surface area contributed by atoms with E-state index in [1.165, 1.54) is 63.6 Å². The van der Waals surface area contributed by atoms with E-state index < -0.39 is 6.10 Å². The highest BCUT2D eigenvalue weighted by molar-refractivity contribution is 5.28. The first-order chi connectivity index (χ1) is 14.2. The van der Waals surface area contributed by atoms with E-state index in [2.05, 4.69) is 39.9 Å². The predicted octanol–water partition coefficient (Wildman–Crippen LogP) is 3.22. The standard InChI is InChI=1S/C24H41N3O2/c1-25(16-17-26-12-7-4-8-13-26)19-22-10-9-11-24(18-22)29-21-23(28)20-27-14-5-2-3-6-15-27/h9-11,18,23,28H,2-8,12-17,19-21H2,1H3. The Labute approximate surface area is 177 Å². The van der Waals surface area contributed by atoms with Crippen LogP contribution in [0.25, 0.3) is 0 Å². The van der Waals surface area contributed by atoms with Crippen LogP contribution in [0.5, 0.6) is 5.75 Å². The topological polar surface area (TPSA) is 39.2 Å². The van der Waals surface area contributed by atoms with Gasteiger partial charge in [0.15, 0.2) is 0 Å². The van der Waals surface area contributed by atoms with Crippen molar-refractivity contribution in [3.8, 4) is 5.75 Å². The van der Waals surface area contributed by atoms with Gasteiger partial charge in [0, 0.05) is 26.2 Å². The zero-order valence-electron chi connectivity index (χ0n) is 18.4. The summed E-state index contributed by atoms with van der Waals surface area (Å²) in [5.41, 5.74) is 1.27. The molecule has 1 aromatic rings. The monoisotopic (exact) mass is 403 g/mol. The largest absolute Gasteiger partial charge is 0.491 e. The third-order valence-corrected chi connectivity index (χ3v) is 6.21. The maximum atomic E-state index is 10.4. The molecule has 1 aromatic carbocycles. The average Bonchev–Trinajstić information content (AvgIpc) is 3.00. The second kappa shape index (κ2) is 12.5. The summed E-state index contributed by atoms with van der Waals surface area (Å²) >= 11 is 0. The smallest absolute Gasteiger partial charge is 0.119 e. The number of hydrogen-bond donors (Lipinski definition) is 1. The second-order valence-corrected chi connectivity index (χ2v) is 8.97. The summed E-state index contributed by atoms with van der Waals surface area (Å²) in [6.45, 7) is 9.01. The molecule has 2 aliphatic heterocycles. The molecule has 0 radical (unpaired) electrons. The van der Waals surface area contributed by atoms with Gasteiger partial charge in [0.1, 0.15) is 18.5 Å². The first kappa shape index (κ1) is 22.5. The van der Waals surface area contributed by atoms with E-state index in [0.717, 1.165) is 45.0 Å². The zero-order valence-corrected chi connectivity index (χ0v) is 18.4. The van der Waals surface area contributed by atoms with Crippen molar-refractivity contribution in [1.29, 1.82) is 0 Å². The van der Waals surface area contributed by atoms with Crippen molar-refractivity contribution in [2.45, 2.75) is 57.6 Å². The molecule has 0 amide bonds. The molecule has 2 fully saturated rings. The van der Waals surface area contributed by atoms with Crippen molar-refractivity contribution < 1.29 is 9.84 Å². The predicted molar refractivity (Wildman–Crippen MR) is 119 cm³/mol. The molecule has 1 atom stereocenters. The fourth-order valence-electron chi connectivity index (χ4n) is 4.48. The van der Waals surface area contributed by atoms with Gasteiger partial charge in [-0.25, -0.2) is 0 Å². The fourth-order valence-corrected chi connectivity index (χ4v) is 4.48. The third-order valence-electron chi connectivity index (χ3n) is 6.21. The molecule has 0 aromatic heterocycles. The molecular formula is C24H41N3O2. The van der Waals surface area contributed by atoms with E-state index >= 15 is 0 Å². The molecule has 29 heavy (non-hydrogen) atoms. The first-order valence-corrected chi connectivity index (χ1v) is 11.7. The number of β-amino-alcohol motifs (C(OH)–C–C–N with tert-alkyl or cyclic N) is 1. The van der Waals surface area contributed by atoms with Gasteiger partial charge in [-0.1, -0.05) is 31.4 Å². The highest BCUT2D eigenvalue weighted by Gasteiger charge is 2.15. The lowest BCUT2D eigenvalue weighted by molar-refractivity contribution is 0.0693. The van der Waals surface area contributed by atoms with E-state index in [4.69, 9.17) is 4.74 Å². The molecule has 0 saturated carbocycles. The molecule has 3 rings (SSSR count). The molecule has 1 unspecified atom stereocenters. The van der Waals surface area contributed by atoms with Crippen LogP contribution in [-0.2, 0) is 6.54 Å². The van der Waals surface area contributed by atoms with Crippen LogP contribution < -0.4 is 4.74 Å². The van der Waals surface area contributed by atoms with Gasteiger partial charge < -0.3 is 24.5 Å². The number of piperidine rings is 1. The van der Waals surface area contributed by atoms with Gasteiger partial charge in [0.25, 0.3) is 0 Å². The number of likely N-dealkylation sites (N-methyl/N-ethyl adjacent to an activating group) is 1. The quantitative estimate of drug-likeness (QED) is 0.649. The van der Waals surface area contributed by atoms with Crippen molar-refractivity contribution in [3.05, 3.63) is 29.8 Å². The van der Waals surface area contributed by atoms with Crippen LogP contribution in [-0.4, -0.2) is 85.4 Å². The van der Waals surface area contributed by atoms with Crippen LogP contribution in [0.2, 0.25) is 0 Å². The molecule has 0 bridgehead atoms. The summed E-state index contributed by atoms with van der Waals surface area (Å²) in [7, 11) is 2.20. The van der Waals surface area contributed by atoms with Gasteiger partial charge in [-0.2, -0.15) is 0 Å². The summed E-state index contributed by atoms with van der Waals surface area (Å²) in [5.74, 6) is 0.863. The van der Waals surface area contributed by atoms with Crippen molar-refractivity contribution in [1.82, 2.24) is 14.7 Å². The van der Waals surface area contributed by atoms with Crippen molar-refractivity contribution in [2.24, 2.45) is 0 Å². The fraction of sp³-hybridized carbons (Fsp3) is 0.750. The number of hydrogen-bond acceptors (Lipinski definition) is 5. The van der Waals surface area contributed by atoms with E-state index in [1.807, 2.05) is 6.07 Å². The van der Waals surface area contributed by atoms with E-state index in [1.54, 1.807) is 0 Å². The van der Waals surface area contributed by atoms with Crippen LogP contribution in [0, 0.1) is 0 Å². The Morgan fingerprint density at radius 2 is 1.62 bits per heavy atom. The highest BCUT2D eigenvalue weighted by Crippen LogP contribution is 2.16. The number of ether oxygens (including phenoxy) is 1. The van der Waals surface area contributed by atoms with Crippen LogP contribution in [0.1, 0.15) is 50.5 Å². The Kier molecular flexibility index (Phi) is 9.74. The molecule has 5 heteroatoms. The number of aliphatic hydroxyl groups excluding tert-OH is 1. The van der Waals surface area contributed by atoms with E-state index in [-0.39, 0.29) is 0 Å². The lowest BCUT2D eigenvalue weighted by atomic mass is 10.1. The van der Waals surface area contributed by atoms with Gasteiger partial charge >= 0.3 is 0 Å². The molecular weight excluding hydrogens is 362 g/mol. The Hall–Kier alpha value is -1.14. The van der Waals surface area contributed by atoms with Crippen molar-refractivity contribution in [3.63, 3.8) is 0 Å². The van der Waals surface area contributed by atoms with Crippen molar-refractivity contribution in [2.75, 3.05) is 59.5 Å². The minimum atomic E-state index is -0.427. The highest BCUT2D eigenvalue weighted by atomic mass is 16.5. The number of rotatable bonds is 10. The Morgan fingerprint density at radius 3 is 2.34 bits per heavy atom. The lowest BCUT2D eigenvalue weighted by Crippen LogP contribution is -2.36. The molecule has 5 nitrogen and oxygen atoms in total. The van der Waals surface area contributed by atoms with E-state index in [0.29, 0.717) is 6.61 Å². The summed E-state index contributed by atoms with van der Waals surface area (Å²) in [6, 6.07) is 8.34. The normalized spacial score (nSPS) is 20.5. The summed E-state index contributed by atoms with van der Waals surface area (Å²) in [6.07, 6.45) is 8.82. The van der Waals surface area contributed by atoms with Crippen LogP contribution >= 0.6 is 0 Å². The van der Waals surface area contributed by atoms with Gasteiger partial charge in [0.05, 0.1) is 0 Å². The lowest BCUT2D eigenvalue weighted by Gasteiger charge is -2.28. The number of likely N-dealkylation sites (tertiary alicyclic amines) is 2. The van der Waals surface area contributed by atoms with Gasteiger partial charge in [-0.15, -0.1) is 0 Å². The Balaban J connectivity index is 1.37.